The third kappa shape index (κ3) is 2.69. The second-order valence-corrected chi connectivity index (χ2v) is 4.89. The Morgan fingerprint density at radius 3 is 2.47 bits per heavy atom. The van der Waals surface area contributed by atoms with Crippen LogP contribution in [0, 0.1) is 5.92 Å². The number of ether oxygens (including phenoxy) is 2. The number of methoxy groups -OCH3 is 2. The van der Waals surface area contributed by atoms with Crippen molar-refractivity contribution < 1.29 is 14.3 Å². The maximum Gasteiger partial charge on any atom is 0.220 e. The average molecular weight is 266 g/mol. The molecule has 0 N–H and O–H groups in total. The minimum atomic E-state index is -1.13. The first kappa shape index (κ1) is 15.4. The Labute approximate surface area is 114 Å². The monoisotopic (exact) mass is 266 g/mol. The van der Waals surface area contributed by atoms with Gasteiger partial charge < -0.3 is 9.47 Å². The number of aliphatic imine (C=N–C) groups is 2. The third-order valence-corrected chi connectivity index (χ3v) is 3.22. The van der Waals surface area contributed by atoms with E-state index in [0.717, 1.165) is 0 Å². The Bertz CT molecular complexity index is 426. The molecule has 0 radical (unpaired) electrons. The number of Topliss-reactive ketones (excluding diaryl/α,β-unsaturated/α-hetero) is 1. The van der Waals surface area contributed by atoms with Gasteiger partial charge in [0.2, 0.25) is 11.8 Å². The molecular formula is C14H22N2O3. The lowest BCUT2D eigenvalue weighted by Crippen LogP contribution is -2.50. The summed E-state index contributed by atoms with van der Waals surface area (Å²) in [5, 5.41) is 0. The van der Waals surface area contributed by atoms with E-state index in [9.17, 15) is 4.79 Å². The molecular weight excluding hydrogens is 244 g/mol. The summed E-state index contributed by atoms with van der Waals surface area (Å²) in [5.74, 6) is 0.870. The molecule has 1 aliphatic heterocycles. The predicted octanol–water partition coefficient (Wildman–Crippen LogP) is 2.02. The zero-order valence-electron chi connectivity index (χ0n) is 12.3. The number of carbonyl (C=O) groups excluding carboxylic acids is 1. The van der Waals surface area contributed by atoms with E-state index in [1.165, 1.54) is 14.0 Å². The molecule has 106 valence electrons. The van der Waals surface area contributed by atoms with E-state index in [4.69, 9.17) is 9.47 Å². The highest BCUT2D eigenvalue weighted by molar-refractivity contribution is 6.13. The van der Waals surface area contributed by atoms with Gasteiger partial charge in [-0.25, -0.2) is 9.98 Å². The van der Waals surface area contributed by atoms with E-state index < -0.39 is 5.54 Å². The second kappa shape index (κ2) is 5.99. The highest BCUT2D eigenvalue weighted by Gasteiger charge is 2.46. The smallest absolute Gasteiger partial charge is 0.220 e. The Balaban J connectivity index is 3.38. The minimum absolute atomic E-state index is 0.134. The number of rotatable bonds is 4. The molecule has 19 heavy (non-hydrogen) atoms. The van der Waals surface area contributed by atoms with Crippen molar-refractivity contribution in [2.75, 3.05) is 14.2 Å². The fourth-order valence-electron chi connectivity index (χ4n) is 2.13. The van der Waals surface area contributed by atoms with Crippen molar-refractivity contribution in [3.05, 3.63) is 12.7 Å². The molecule has 1 aliphatic rings. The quantitative estimate of drug-likeness (QED) is 0.731. The normalized spacial score (nSPS) is 26.5. The Hall–Kier alpha value is -1.65. The molecule has 5 nitrogen and oxygen atoms in total. The van der Waals surface area contributed by atoms with Crippen molar-refractivity contribution in [1.29, 1.82) is 0 Å². The van der Waals surface area contributed by atoms with E-state index in [2.05, 4.69) is 16.6 Å². The topological polar surface area (TPSA) is 60.2 Å². The highest BCUT2D eigenvalue weighted by Crippen LogP contribution is 2.29. The molecule has 0 spiro atoms. The number of hydrogen-bond donors (Lipinski definition) is 0. The van der Waals surface area contributed by atoms with Gasteiger partial charge in [-0.05, 0) is 12.8 Å². The van der Waals surface area contributed by atoms with E-state index in [0.29, 0.717) is 18.2 Å². The Morgan fingerprint density at radius 2 is 2.11 bits per heavy atom. The van der Waals surface area contributed by atoms with E-state index in [1.807, 2.05) is 13.8 Å². The molecule has 0 unspecified atom stereocenters. The van der Waals surface area contributed by atoms with Crippen molar-refractivity contribution in [2.45, 2.75) is 38.8 Å². The Kier molecular flexibility index (Phi) is 4.86. The van der Waals surface area contributed by atoms with Crippen LogP contribution in [0.15, 0.2) is 22.6 Å². The van der Waals surface area contributed by atoms with Gasteiger partial charge in [-0.1, -0.05) is 19.9 Å². The third-order valence-electron chi connectivity index (χ3n) is 3.22. The lowest BCUT2D eigenvalue weighted by molar-refractivity contribution is -0.120. The Morgan fingerprint density at radius 1 is 1.47 bits per heavy atom. The zero-order valence-corrected chi connectivity index (χ0v) is 12.3. The first-order valence-corrected chi connectivity index (χ1v) is 6.30. The second-order valence-electron chi connectivity index (χ2n) is 4.89. The molecule has 1 rings (SSSR count). The summed E-state index contributed by atoms with van der Waals surface area (Å²) in [7, 11) is 3.05. The van der Waals surface area contributed by atoms with Gasteiger partial charge in [-0.3, -0.25) is 4.79 Å². The van der Waals surface area contributed by atoms with E-state index in [1.54, 1.807) is 13.2 Å². The molecule has 0 aromatic carbocycles. The van der Waals surface area contributed by atoms with Crippen LogP contribution in [0.4, 0.5) is 0 Å². The zero-order chi connectivity index (χ0) is 14.6. The number of ketones is 1. The van der Waals surface area contributed by atoms with Crippen LogP contribution in [0.3, 0.4) is 0 Å². The molecule has 0 aliphatic carbocycles. The average Bonchev–Trinajstić information content (AvgIpc) is 2.37. The van der Waals surface area contributed by atoms with Crippen molar-refractivity contribution in [2.24, 2.45) is 15.9 Å². The van der Waals surface area contributed by atoms with Gasteiger partial charge >= 0.3 is 0 Å². The first-order valence-electron chi connectivity index (χ1n) is 6.30. The van der Waals surface area contributed by atoms with E-state index >= 15 is 0 Å². The lowest BCUT2D eigenvalue weighted by atomic mass is 9.88. The molecule has 2 atom stereocenters. The largest absolute Gasteiger partial charge is 0.483 e. The summed E-state index contributed by atoms with van der Waals surface area (Å²) >= 11 is 0. The van der Waals surface area contributed by atoms with Gasteiger partial charge in [0, 0.05) is 6.42 Å². The predicted molar refractivity (Wildman–Crippen MR) is 75.7 cm³/mol. The lowest BCUT2D eigenvalue weighted by Gasteiger charge is -2.33. The molecule has 0 amide bonds. The van der Waals surface area contributed by atoms with Gasteiger partial charge in [0.15, 0.2) is 11.3 Å². The number of hydrogen-bond acceptors (Lipinski definition) is 5. The van der Waals surface area contributed by atoms with Crippen LogP contribution in [-0.2, 0) is 14.3 Å². The van der Waals surface area contributed by atoms with Gasteiger partial charge in [0.05, 0.1) is 14.2 Å². The van der Waals surface area contributed by atoms with Gasteiger partial charge in [-0.2, -0.15) is 0 Å². The van der Waals surface area contributed by atoms with Crippen LogP contribution in [0.2, 0.25) is 0 Å². The van der Waals surface area contributed by atoms with Crippen LogP contribution in [0.5, 0.6) is 0 Å². The summed E-state index contributed by atoms with van der Waals surface area (Å²) < 4.78 is 10.6. The van der Waals surface area contributed by atoms with Crippen LogP contribution in [0.25, 0.3) is 0 Å². The van der Waals surface area contributed by atoms with Crippen LogP contribution >= 0.6 is 0 Å². The molecule has 5 heteroatoms. The van der Waals surface area contributed by atoms with E-state index in [-0.39, 0.29) is 17.7 Å². The molecule has 0 aromatic heterocycles. The summed E-state index contributed by atoms with van der Waals surface area (Å²) in [6, 6.07) is -0.225. The molecule has 0 saturated heterocycles. The fraction of sp³-hybridized carbons (Fsp3) is 0.643. The van der Waals surface area contributed by atoms with Crippen LogP contribution in [0.1, 0.15) is 27.2 Å². The highest BCUT2D eigenvalue weighted by atomic mass is 16.5. The minimum Gasteiger partial charge on any atom is -0.483 e. The van der Waals surface area contributed by atoms with Crippen LogP contribution < -0.4 is 0 Å². The molecule has 0 aromatic rings. The molecule has 0 fully saturated rings. The van der Waals surface area contributed by atoms with Gasteiger partial charge in [0.25, 0.3) is 0 Å². The van der Waals surface area contributed by atoms with Gasteiger partial charge in [0.1, 0.15) is 6.04 Å². The fourth-order valence-corrected chi connectivity index (χ4v) is 2.13. The maximum absolute atomic E-state index is 12.0. The number of carbonyl (C=O) groups is 1. The summed E-state index contributed by atoms with van der Waals surface area (Å²) in [6.45, 7) is 9.20. The van der Waals surface area contributed by atoms with Crippen molar-refractivity contribution in [1.82, 2.24) is 0 Å². The first-order chi connectivity index (χ1) is 8.92. The van der Waals surface area contributed by atoms with Crippen molar-refractivity contribution in [3.8, 4) is 0 Å². The standard InChI is InChI=1S/C14H22N2O3/c1-7-8-14(10(4)17)13(19-6)15-11(9(2)3)12(16-14)18-5/h7,9,11H,1,8H2,2-6H3/t11-,14+/m1/s1. The summed E-state index contributed by atoms with van der Waals surface area (Å²) in [5.41, 5.74) is -1.13. The van der Waals surface area contributed by atoms with Crippen LogP contribution in [-0.4, -0.2) is 43.4 Å². The summed E-state index contributed by atoms with van der Waals surface area (Å²) in [6.07, 6.45) is 1.98. The molecule has 0 saturated carbocycles. The summed E-state index contributed by atoms with van der Waals surface area (Å²) in [4.78, 5) is 21.1. The number of nitrogens with zero attached hydrogens (tertiary/aromatic N) is 2. The molecule has 0 bridgehead atoms. The maximum atomic E-state index is 12.0. The SMILES string of the molecule is C=CC[C@@]1(C(C)=O)N=C(OC)[C@@H](C(C)C)N=C1OC. The van der Waals surface area contributed by atoms with Crippen molar-refractivity contribution in [3.63, 3.8) is 0 Å². The van der Waals surface area contributed by atoms with Crippen molar-refractivity contribution >= 4 is 17.6 Å². The molecule has 1 heterocycles. The van der Waals surface area contributed by atoms with Gasteiger partial charge in [-0.15, -0.1) is 6.58 Å².